The maximum atomic E-state index is 11.0. The molecule has 0 spiro atoms. The predicted molar refractivity (Wildman–Crippen MR) is 36.3 cm³/mol. The molecule has 0 bridgehead atoms. The standard InChI is InChI=1S/C7H13NO/c1-6-5-8-4-2-3-7(6)9/h6,8H,2-5H2,1H3/t6-/m0/s1. The van der Waals surface area contributed by atoms with Crippen LogP contribution in [0.2, 0.25) is 0 Å². The fourth-order valence-electron chi connectivity index (χ4n) is 1.07. The highest BCUT2D eigenvalue weighted by Gasteiger charge is 2.14. The van der Waals surface area contributed by atoms with Crippen LogP contribution < -0.4 is 5.32 Å². The van der Waals surface area contributed by atoms with E-state index >= 15 is 0 Å². The molecule has 0 aromatic rings. The normalized spacial score (nSPS) is 29.9. The Bertz CT molecular complexity index is 111. The van der Waals surface area contributed by atoms with Crippen LogP contribution in [0.1, 0.15) is 19.8 Å². The van der Waals surface area contributed by atoms with E-state index in [0.717, 1.165) is 25.9 Å². The fourth-order valence-corrected chi connectivity index (χ4v) is 1.07. The third-order valence-corrected chi connectivity index (χ3v) is 1.78. The Morgan fingerprint density at radius 3 is 3.22 bits per heavy atom. The number of hydrogen-bond acceptors (Lipinski definition) is 2. The summed E-state index contributed by atoms with van der Waals surface area (Å²) in [5.41, 5.74) is 0. The van der Waals surface area contributed by atoms with Gasteiger partial charge in [-0.1, -0.05) is 6.92 Å². The summed E-state index contributed by atoms with van der Waals surface area (Å²) >= 11 is 0. The van der Waals surface area contributed by atoms with Crippen LogP contribution in [-0.2, 0) is 4.79 Å². The number of hydrogen-bond donors (Lipinski definition) is 1. The number of ketones is 1. The van der Waals surface area contributed by atoms with Crippen molar-refractivity contribution < 1.29 is 4.79 Å². The Morgan fingerprint density at radius 2 is 2.44 bits per heavy atom. The summed E-state index contributed by atoms with van der Waals surface area (Å²) in [6.07, 6.45) is 1.79. The van der Waals surface area contributed by atoms with Gasteiger partial charge in [0.15, 0.2) is 0 Å². The van der Waals surface area contributed by atoms with Crippen LogP contribution in [0.4, 0.5) is 0 Å². The van der Waals surface area contributed by atoms with E-state index in [1.807, 2.05) is 6.92 Å². The van der Waals surface area contributed by atoms with Crippen LogP contribution in [0.25, 0.3) is 0 Å². The van der Waals surface area contributed by atoms with Gasteiger partial charge in [-0.05, 0) is 13.0 Å². The van der Waals surface area contributed by atoms with Crippen LogP contribution in [0.15, 0.2) is 0 Å². The molecule has 1 aliphatic heterocycles. The van der Waals surface area contributed by atoms with E-state index in [-0.39, 0.29) is 5.92 Å². The lowest BCUT2D eigenvalue weighted by atomic mass is 10.1. The summed E-state index contributed by atoms with van der Waals surface area (Å²) < 4.78 is 0. The average molecular weight is 127 g/mol. The first-order valence-electron chi connectivity index (χ1n) is 3.54. The van der Waals surface area contributed by atoms with E-state index < -0.39 is 0 Å². The molecule has 1 rings (SSSR count). The van der Waals surface area contributed by atoms with Crippen molar-refractivity contribution in [1.29, 1.82) is 0 Å². The van der Waals surface area contributed by atoms with Crippen molar-refractivity contribution in [3.63, 3.8) is 0 Å². The molecule has 1 saturated heterocycles. The first-order valence-corrected chi connectivity index (χ1v) is 3.54. The Kier molecular flexibility index (Phi) is 2.22. The number of Topliss-reactive ketones (excluding diaryl/α,β-unsaturated/α-hetero) is 1. The molecule has 1 atom stereocenters. The summed E-state index contributed by atoms with van der Waals surface area (Å²) in [5, 5.41) is 3.21. The van der Waals surface area contributed by atoms with Crippen molar-refractivity contribution in [3.8, 4) is 0 Å². The number of rotatable bonds is 0. The molecule has 0 unspecified atom stereocenters. The van der Waals surface area contributed by atoms with Crippen LogP contribution in [-0.4, -0.2) is 18.9 Å². The van der Waals surface area contributed by atoms with E-state index in [1.165, 1.54) is 0 Å². The van der Waals surface area contributed by atoms with Crippen LogP contribution >= 0.6 is 0 Å². The second kappa shape index (κ2) is 2.97. The Hall–Kier alpha value is -0.370. The zero-order chi connectivity index (χ0) is 6.69. The van der Waals surface area contributed by atoms with Gasteiger partial charge >= 0.3 is 0 Å². The van der Waals surface area contributed by atoms with Crippen LogP contribution in [0, 0.1) is 5.92 Å². The SMILES string of the molecule is C[C@H]1CNCCCC1=O. The van der Waals surface area contributed by atoms with Gasteiger partial charge in [-0.25, -0.2) is 0 Å². The van der Waals surface area contributed by atoms with Crippen molar-refractivity contribution in [2.24, 2.45) is 5.92 Å². The molecule has 1 N–H and O–H groups in total. The highest BCUT2D eigenvalue weighted by atomic mass is 16.1. The maximum Gasteiger partial charge on any atom is 0.137 e. The first kappa shape index (κ1) is 6.75. The minimum Gasteiger partial charge on any atom is -0.316 e. The smallest absolute Gasteiger partial charge is 0.137 e. The van der Waals surface area contributed by atoms with Crippen molar-refractivity contribution in [2.45, 2.75) is 19.8 Å². The Morgan fingerprint density at radius 1 is 1.67 bits per heavy atom. The Labute approximate surface area is 55.6 Å². The van der Waals surface area contributed by atoms with Gasteiger partial charge in [-0.2, -0.15) is 0 Å². The van der Waals surface area contributed by atoms with E-state index in [2.05, 4.69) is 5.32 Å². The van der Waals surface area contributed by atoms with Crippen molar-refractivity contribution in [3.05, 3.63) is 0 Å². The molecule has 1 aliphatic rings. The lowest BCUT2D eigenvalue weighted by Gasteiger charge is -2.03. The van der Waals surface area contributed by atoms with Crippen molar-refractivity contribution >= 4 is 5.78 Å². The summed E-state index contributed by atoms with van der Waals surface area (Å²) in [7, 11) is 0. The van der Waals surface area contributed by atoms with Gasteiger partial charge in [0, 0.05) is 18.9 Å². The average Bonchev–Trinajstić information content (AvgIpc) is 1.99. The minimum absolute atomic E-state index is 0.243. The molecule has 0 saturated carbocycles. The highest BCUT2D eigenvalue weighted by Crippen LogP contribution is 2.04. The predicted octanol–water partition coefficient (Wildman–Crippen LogP) is 0.575. The van der Waals surface area contributed by atoms with Gasteiger partial charge in [-0.3, -0.25) is 4.79 Å². The molecule has 52 valence electrons. The molecule has 0 aromatic heterocycles. The van der Waals surface area contributed by atoms with E-state index in [9.17, 15) is 4.79 Å². The monoisotopic (exact) mass is 127 g/mol. The molecule has 0 amide bonds. The summed E-state index contributed by atoms with van der Waals surface area (Å²) in [6.45, 7) is 3.87. The zero-order valence-corrected chi connectivity index (χ0v) is 5.81. The Balaban J connectivity index is 2.41. The van der Waals surface area contributed by atoms with Crippen LogP contribution in [0.5, 0.6) is 0 Å². The first-order chi connectivity index (χ1) is 4.30. The summed E-state index contributed by atoms with van der Waals surface area (Å²) in [4.78, 5) is 11.0. The van der Waals surface area contributed by atoms with Gasteiger partial charge < -0.3 is 5.32 Å². The summed E-state index contributed by atoms with van der Waals surface area (Å²) in [6, 6.07) is 0. The maximum absolute atomic E-state index is 11.0. The topological polar surface area (TPSA) is 29.1 Å². The molecule has 0 radical (unpaired) electrons. The third kappa shape index (κ3) is 1.79. The molecule has 1 fully saturated rings. The molecule has 2 heteroatoms. The molecule has 0 aromatic carbocycles. The lowest BCUT2D eigenvalue weighted by molar-refractivity contribution is -0.121. The quantitative estimate of drug-likeness (QED) is 0.515. The second-order valence-electron chi connectivity index (χ2n) is 2.68. The van der Waals surface area contributed by atoms with Gasteiger partial charge in [0.05, 0.1) is 0 Å². The second-order valence-corrected chi connectivity index (χ2v) is 2.68. The third-order valence-electron chi connectivity index (χ3n) is 1.78. The molecule has 2 nitrogen and oxygen atoms in total. The minimum atomic E-state index is 0.243. The van der Waals surface area contributed by atoms with Crippen LogP contribution in [0.3, 0.4) is 0 Å². The molecule has 1 heterocycles. The number of nitrogens with one attached hydrogen (secondary N) is 1. The van der Waals surface area contributed by atoms with Gasteiger partial charge in [0.25, 0.3) is 0 Å². The van der Waals surface area contributed by atoms with E-state index in [0.29, 0.717) is 5.78 Å². The summed E-state index contributed by atoms with van der Waals surface area (Å²) in [5.74, 6) is 0.660. The lowest BCUT2D eigenvalue weighted by Crippen LogP contribution is -2.21. The number of carbonyl (C=O) groups is 1. The zero-order valence-electron chi connectivity index (χ0n) is 5.81. The fraction of sp³-hybridized carbons (Fsp3) is 0.857. The number of carbonyl (C=O) groups excluding carboxylic acids is 1. The molecule has 0 aliphatic carbocycles. The molecular weight excluding hydrogens is 114 g/mol. The van der Waals surface area contributed by atoms with Gasteiger partial charge in [-0.15, -0.1) is 0 Å². The van der Waals surface area contributed by atoms with E-state index in [4.69, 9.17) is 0 Å². The molecule has 9 heavy (non-hydrogen) atoms. The van der Waals surface area contributed by atoms with Gasteiger partial charge in [0.1, 0.15) is 5.78 Å². The highest BCUT2D eigenvalue weighted by molar-refractivity contribution is 5.81. The van der Waals surface area contributed by atoms with Gasteiger partial charge in [0.2, 0.25) is 0 Å². The van der Waals surface area contributed by atoms with Crippen molar-refractivity contribution in [1.82, 2.24) is 5.32 Å². The van der Waals surface area contributed by atoms with E-state index in [1.54, 1.807) is 0 Å². The molecular formula is C7H13NO. The van der Waals surface area contributed by atoms with Crippen molar-refractivity contribution in [2.75, 3.05) is 13.1 Å². The largest absolute Gasteiger partial charge is 0.316 e.